The topological polar surface area (TPSA) is 189 Å². The first-order valence-electron chi connectivity index (χ1n) is 22.6. The minimum atomic E-state index is -4.50. The van der Waals surface area contributed by atoms with Crippen molar-refractivity contribution in [3.63, 3.8) is 0 Å². The number of ether oxygens (including phenoxy) is 8. The van der Waals surface area contributed by atoms with Crippen LogP contribution < -0.4 is 0 Å². The quantitative estimate of drug-likeness (QED) is 0.155. The van der Waals surface area contributed by atoms with E-state index in [1.54, 1.807) is 83.1 Å². The van der Waals surface area contributed by atoms with E-state index in [1.807, 2.05) is 6.92 Å². The summed E-state index contributed by atoms with van der Waals surface area (Å²) in [5.74, 6) is -2.27. The Morgan fingerprint density at radius 2 is 1.70 bits per heavy atom. The molecule has 0 spiro atoms. The lowest BCUT2D eigenvalue weighted by molar-refractivity contribution is -0.344. The van der Waals surface area contributed by atoms with E-state index in [0.29, 0.717) is 18.3 Å². The minimum absolute atomic E-state index is 0.0685. The van der Waals surface area contributed by atoms with Gasteiger partial charge in [-0.1, -0.05) is 62.4 Å². The van der Waals surface area contributed by atoms with Crippen LogP contribution in [0.1, 0.15) is 91.2 Å². The summed E-state index contributed by atoms with van der Waals surface area (Å²) in [4.78, 5) is 40.0. The number of carbonyl (C=O) groups is 3. The molecule has 4 rings (SSSR count). The molecule has 0 saturated carbocycles. The Morgan fingerprint density at radius 1 is 1.00 bits per heavy atom. The van der Waals surface area contributed by atoms with E-state index >= 15 is 0 Å². The van der Waals surface area contributed by atoms with Gasteiger partial charge in [0.05, 0.1) is 55.2 Å². The first kappa shape index (κ1) is 55.0. The van der Waals surface area contributed by atoms with Crippen LogP contribution in [0.3, 0.4) is 0 Å². The van der Waals surface area contributed by atoms with E-state index < -0.39 is 121 Å². The molecule has 2 fully saturated rings. The zero-order chi connectivity index (χ0) is 48.9. The molecule has 15 nitrogen and oxygen atoms in total. The highest BCUT2D eigenvalue weighted by Crippen LogP contribution is 2.38. The smallest absolute Gasteiger partial charge is 0.416 e. The number of hydrogen-bond donors (Lipinski definition) is 3. The summed E-state index contributed by atoms with van der Waals surface area (Å²) in [6.07, 6.45) is -5.69. The van der Waals surface area contributed by atoms with Crippen LogP contribution in [0, 0.1) is 11.8 Å². The molecule has 0 amide bonds. The van der Waals surface area contributed by atoms with Crippen LogP contribution in [0.4, 0.5) is 13.2 Å². The summed E-state index contributed by atoms with van der Waals surface area (Å²) < 4.78 is 89.1. The van der Waals surface area contributed by atoms with Gasteiger partial charge >= 0.3 is 18.1 Å². The first-order chi connectivity index (χ1) is 31.1. The molecule has 66 heavy (non-hydrogen) atoms. The maximum Gasteiger partial charge on any atom is 0.416 e. The number of allylic oxidation sites excluding steroid dienone is 2. The molecule has 0 bridgehead atoms. The van der Waals surface area contributed by atoms with Gasteiger partial charge in [0, 0.05) is 32.8 Å². The molecule has 16 atom stereocenters. The molecule has 3 aliphatic heterocycles. The average molecular weight is 942 g/mol. The number of carbonyl (C=O) groups excluding carboxylic acids is 3. The van der Waals surface area contributed by atoms with Crippen molar-refractivity contribution in [3.8, 4) is 0 Å². The van der Waals surface area contributed by atoms with Gasteiger partial charge in [-0.25, -0.2) is 0 Å². The number of aliphatic hydroxyl groups excluding tert-OH is 2. The molecular weight excluding hydrogens is 872 g/mol. The zero-order valence-electron chi connectivity index (χ0n) is 39.4. The summed E-state index contributed by atoms with van der Waals surface area (Å²) >= 11 is 0. The summed E-state index contributed by atoms with van der Waals surface area (Å²) in [5, 5.41) is 34.8. The predicted octanol–water partition coefficient (Wildman–Crippen LogP) is 5.56. The van der Waals surface area contributed by atoms with Gasteiger partial charge in [-0.05, 0) is 77.7 Å². The van der Waals surface area contributed by atoms with Crippen LogP contribution in [0.25, 0.3) is 6.08 Å². The van der Waals surface area contributed by atoms with Crippen LogP contribution in [-0.4, -0.2) is 152 Å². The second kappa shape index (κ2) is 25.2. The molecule has 2 saturated heterocycles. The maximum absolute atomic E-state index is 13.6. The maximum atomic E-state index is 13.6. The number of alkyl halides is 3. The van der Waals surface area contributed by atoms with Gasteiger partial charge in [-0.3, -0.25) is 9.59 Å². The van der Waals surface area contributed by atoms with E-state index in [-0.39, 0.29) is 38.7 Å². The number of likely N-dealkylation sites (N-methyl/N-ethyl adjacent to an activating group) is 1. The summed E-state index contributed by atoms with van der Waals surface area (Å²) in [7, 11) is 4.85. The highest BCUT2D eigenvalue weighted by atomic mass is 19.4. The van der Waals surface area contributed by atoms with Crippen LogP contribution in [0.15, 0.2) is 54.6 Å². The normalized spacial score (nSPS) is 37.6. The van der Waals surface area contributed by atoms with Crippen molar-refractivity contribution in [2.24, 2.45) is 11.8 Å². The standard InChI is InChI=1S/C48H70F3NO14/c1-10-37(55)64-45-31(5)62-39(27-47(45,6)58)65-42-30(4)63-46(41(57)40(42)52(7)8)66-43-33(22-23-53)25-28(2)35(54)17-13-11-12-15-29(3)61-38(56)26-36(44(43)59-9)60-24-14-16-32-18-20-34(21-19-32)48(49,50)51/h11-14,16-21,23,28-31,33,35-36,39-46,54,57-58H,10,15,22,24-27H2,1-9H3/b12-11+,16-14+,17-13+/t28-,29-,30-,31+,33+,35+,36-,39+,40-,41-,42-,43+,44+,45+,46+,47-/m1/s1. The van der Waals surface area contributed by atoms with Gasteiger partial charge in [-0.15, -0.1) is 0 Å². The van der Waals surface area contributed by atoms with Crippen molar-refractivity contribution in [2.45, 2.75) is 172 Å². The second-order valence-electron chi connectivity index (χ2n) is 18.0. The molecule has 0 unspecified atom stereocenters. The molecule has 18 heteroatoms. The van der Waals surface area contributed by atoms with Gasteiger partial charge in [-0.2, -0.15) is 13.2 Å². The minimum Gasteiger partial charge on any atom is -0.462 e. The van der Waals surface area contributed by atoms with Crippen LogP contribution in [0.2, 0.25) is 0 Å². The Morgan fingerprint density at radius 3 is 2.30 bits per heavy atom. The molecule has 1 aromatic carbocycles. The first-order valence-corrected chi connectivity index (χ1v) is 22.6. The molecular formula is C48H70F3NO14. The van der Waals surface area contributed by atoms with Gasteiger partial charge in [0.15, 0.2) is 18.7 Å². The van der Waals surface area contributed by atoms with Crippen molar-refractivity contribution in [1.29, 1.82) is 0 Å². The van der Waals surface area contributed by atoms with Crippen molar-refractivity contribution >= 4 is 24.3 Å². The van der Waals surface area contributed by atoms with Gasteiger partial charge < -0.3 is 62.9 Å². The highest BCUT2D eigenvalue weighted by molar-refractivity contribution is 5.70. The third kappa shape index (κ3) is 15.5. The van der Waals surface area contributed by atoms with E-state index in [1.165, 1.54) is 26.2 Å². The Kier molecular flexibility index (Phi) is 21.0. The number of nitrogens with zero attached hydrogens (tertiary/aromatic N) is 1. The van der Waals surface area contributed by atoms with Gasteiger partial charge in [0.25, 0.3) is 0 Å². The number of esters is 2. The van der Waals surface area contributed by atoms with Gasteiger partial charge in [0.2, 0.25) is 0 Å². The highest BCUT2D eigenvalue weighted by Gasteiger charge is 2.53. The number of cyclic esters (lactones) is 1. The van der Waals surface area contributed by atoms with Crippen molar-refractivity contribution in [3.05, 3.63) is 65.8 Å². The number of hydrogen-bond acceptors (Lipinski definition) is 15. The summed E-state index contributed by atoms with van der Waals surface area (Å²) in [6, 6.07) is 3.75. The fourth-order valence-corrected chi connectivity index (χ4v) is 8.76. The molecule has 3 aliphatic rings. The molecule has 0 aliphatic carbocycles. The number of aldehydes is 1. The second-order valence-corrected chi connectivity index (χ2v) is 18.0. The Hall–Kier alpha value is -3.56. The molecule has 372 valence electrons. The van der Waals surface area contributed by atoms with E-state index in [0.717, 1.165) is 12.1 Å². The third-order valence-electron chi connectivity index (χ3n) is 12.3. The number of benzene rings is 1. The van der Waals surface area contributed by atoms with E-state index in [4.69, 9.17) is 37.9 Å². The fraction of sp³-hybridized carbons (Fsp3) is 0.688. The van der Waals surface area contributed by atoms with E-state index in [2.05, 4.69) is 0 Å². The number of aliphatic hydroxyl groups is 3. The fourth-order valence-electron chi connectivity index (χ4n) is 8.76. The van der Waals surface area contributed by atoms with Crippen molar-refractivity contribution in [2.75, 3.05) is 27.8 Å². The third-order valence-corrected chi connectivity index (χ3v) is 12.3. The summed E-state index contributed by atoms with van der Waals surface area (Å²) in [5.41, 5.74) is -1.85. The molecule has 3 heterocycles. The lowest BCUT2D eigenvalue weighted by atomic mass is 9.82. The lowest BCUT2D eigenvalue weighted by Gasteiger charge is -2.50. The van der Waals surface area contributed by atoms with Crippen LogP contribution in [-0.2, 0) is 58.5 Å². The van der Waals surface area contributed by atoms with Crippen molar-refractivity contribution < 1.29 is 80.8 Å². The SMILES string of the molecule is CCC(=O)O[C@H]1[C@H](C)O[C@@H](O[C@H]2[C@H](N(C)C)[C@@H](O)[C@H](O[C@H]3[C@@H](CC=O)C[C@@H](C)[C@@H](O)/C=C/C=C/C[C@@H](C)OC(=O)C[C@@H](OC/C=C/c4ccc(C(F)(F)F)cc4)[C@@H]3OC)O[C@@H]2C)C[C@@]1(C)O. The number of rotatable bonds is 14. The van der Waals surface area contributed by atoms with Gasteiger partial charge in [0.1, 0.15) is 36.3 Å². The number of methoxy groups -OCH3 is 1. The van der Waals surface area contributed by atoms with Crippen LogP contribution >= 0.6 is 0 Å². The Bertz CT molecular complexity index is 1770. The Balaban J connectivity index is 1.69. The van der Waals surface area contributed by atoms with Crippen LogP contribution in [0.5, 0.6) is 0 Å². The monoisotopic (exact) mass is 941 g/mol. The molecule has 0 aromatic heterocycles. The molecule has 1 aromatic rings. The van der Waals surface area contributed by atoms with Crippen molar-refractivity contribution in [1.82, 2.24) is 4.90 Å². The largest absolute Gasteiger partial charge is 0.462 e. The average Bonchev–Trinajstić information content (AvgIpc) is 3.23. The number of halogens is 3. The zero-order valence-corrected chi connectivity index (χ0v) is 39.4. The van der Waals surface area contributed by atoms with E-state index in [9.17, 15) is 42.9 Å². The molecule has 0 radical (unpaired) electrons. The molecule has 3 N–H and O–H groups in total. The lowest BCUT2D eigenvalue weighted by Crippen LogP contribution is -2.66. The summed E-state index contributed by atoms with van der Waals surface area (Å²) in [6.45, 7) is 9.97. The Labute approximate surface area is 386 Å². The predicted molar refractivity (Wildman–Crippen MR) is 235 cm³/mol.